The van der Waals surface area contributed by atoms with Crippen molar-refractivity contribution in [1.29, 1.82) is 0 Å². The zero-order valence-electron chi connectivity index (χ0n) is 9.24. The molecule has 0 bridgehead atoms. The summed E-state index contributed by atoms with van der Waals surface area (Å²) in [6.07, 6.45) is 3.36. The van der Waals surface area contributed by atoms with E-state index in [9.17, 15) is 0 Å². The number of nitrogens with zero attached hydrogens (tertiary/aromatic N) is 1. The standard InChI is InChI=1S/C13H18N2/c1-2-10-15-12(14)13(8-9-13)11-6-4-3-5-7-11/h3-7H,2,8-10H2,1H3,(H2,14,15). The van der Waals surface area contributed by atoms with E-state index in [2.05, 4.69) is 36.2 Å². The van der Waals surface area contributed by atoms with E-state index in [4.69, 9.17) is 5.73 Å². The molecule has 1 aromatic rings. The van der Waals surface area contributed by atoms with Gasteiger partial charge in [-0.25, -0.2) is 0 Å². The topological polar surface area (TPSA) is 38.4 Å². The van der Waals surface area contributed by atoms with Gasteiger partial charge in [-0.05, 0) is 24.8 Å². The predicted octanol–water partition coefficient (Wildman–Crippen LogP) is 2.49. The normalized spacial score (nSPS) is 18.9. The first-order chi connectivity index (χ1) is 7.29. The van der Waals surface area contributed by atoms with E-state index in [0.29, 0.717) is 0 Å². The first-order valence-electron chi connectivity index (χ1n) is 5.65. The molecule has 0 atom stereocenters. The third-order valence-electron chi connectivity index (χ3n) is 3.07. The van der Waals surface area contributed by atoms with Gasteiger partial charge in [0.25, 0.3) is 0 Å². The Labute approximate surface area is 91.2 Å². The number of hydrogen-bond donors (Lipinski definition) is 1. The number of hydrogen-bond acceptors (Lipinski definition) is 1. The van der Waals surface area contributed by atoms with Crippen LogP contribution in [-0.4, -0.2) is 12.4 Å². The van der Waals surface area contributed by atoms with Gasteiger partial charge in [0.2, 0.25) is 0 Å². The van der Waals surface area contributed by atoms with E-state index in [1.165, 1.54) is 5.56 Å². The fourth-order valence-electron chi connectivity index (χ4n) is 1.96. The molecule has 2 rings (SSSR count). The molecule has 1 fully saturated rings. The minimum absolute atomic E-state index is 0.0798. The number of amidine groups is 1. The van der Waals surface area contributed by atoms with Crippen LogP contribution in [0.2, 0.25) is 0 Å². The van der Waals surface area contributed by atoms with Crippen molar-refractivity contribution in [3.8, 4) is 0 Å². The van der Waals surface area contributed by atoms with Crippen molar-refractivity contribution in [2.24, 2.45) is 10.7 Å². The molecule has 0 amide bonds. The Hall–Kier alpha value is -1.31. The number of nitrogens with two attached hydrogens (primary N) is 1. The Morgan fingerprint density at radius 2 is 2.00 bits per heavy atom. The lowest BCUT2D eigenvalue weighted by Gasteiger charge is -2.15. The van der Waals surface area contributed by atoms with Gasteiger partial charge >= 0.3 is 0 Å². The minimum Gasteiger partial charge on any atom is -0.387 e. The van der Waals surface area contributed by atoms with Crippen LogP contribution in [0.5, 0.6) is 0 Å². The Morgan fingerprint density at radius 3 is 2.53 bits per heavy atom. The third kappa shape index (κ3) is 1.89. The molecule has 2 heteroatoms. The van der Waals surface area contributed by atoms with Crippen LogP contribution in [-0.2, 0) is 5.41 Å². The van der Waals surface area contributed by atoms with Gasteiger partial charge in [0.1, 0.15) is 5.84 Å². The van der Waals surface area contributed by atoms with Crippen molar-refractivity contribution in [3.63, 3.8) is 0 Å². The van der Waals surface area contributed by atoms with E-state index >= 15 is 0 Å². The molecule has 0 aliphatic heterocycles. The molecule has 2 nitrogen and oxygen atoms in total. The fraction of sp³-hybridized carbons (Fsp3) is 0.462. The van der Waals surface area contributed by atoms with E-state index in [-0.39, 0.29) is 5.41 Å². The van der Waals surface area contributed by atoms with E-state index in [0.717, 1.165) is 31.6 Å². The Kier molecular flexibility index (Phi) is 2.76. The summed E-state index contributed by atoms with van der Waals surface area (Å²) in [5, 5.41) is 0. The highest BCUT2D eigenvalue weighted by molar-refractivity contribution is 5.94. The second-order valence-electron chi connectivity index (χ2n) is 4.22. The van der Waals surface area contributed by atoms with Crippen molar-refractivity contribution >= 4 is 5.84 Å². The van der Waals surface area contributed by atoms with Crippen molar-refractivity contribution < 1.29 is 0 Å². The monoisotopic (exact) mass is 202 g/mol. The van der Waals surface area contributed by atoms with E-state index in [1.54, 1.807) is 0 Å². The summed E-state index contributed by atoms with van der Waals surface area (Å²) in [6.45, 7) is 2.97. The molecule has 0 aromatic heterocycles. The van der Waals surface area contributed by atoms with Crippen LogP contribution in [0.1, 0.15) is 31.7 Å². The second-order valence-corrected chi connectivity index (χ2v) is 4.22. The van der Waals surface area contributed by atoms with Crippen molar-refractivity contribution in [3.05, 3.63) is 35.9 Å². The Morgan fingerprint density at radius 1 is 1.33 bits per heavy atom. The molecule has 1 aliphatic carbocycles. The molecule has 0 radical (unpaired) electrons. The van der Waals surface area contributed by atoms with Crippen molar-refractivity contribution in [2.45, 2.75) is 31.6 Å². The Balaban J connectivity index is 2.21. The summed E-state index contributed by atoms with van der Waals surface area (Å²) in [5.74, 6) is 0.829. The van der Waals surface area contributed by atoms with Crippen LogP contribution in [0, 0.1) is 0 Å². The minimum atomic E-state index is 0.0798. The molecular weight excluding hydrogens is 184 g/mol. The first-order valence-corrected chi connectivity index (χ1v) is 5.65. The highest BCUT2D eigenvalue weighted by Gasteiger charge is 2.47. The molecule has 1 saturated carbocycles. The van der Waals surface area contributed by atoms with E-state index < -0.39 is 0 Å². The fourth-order valence-corrected chi connectivity index (χ4v) is 1.96. The van der Waals surface area contributed by atoms with Gasteiger partial charge in [-0.3, -0.25) is 4.99 Å². The van der Waals surface area contributed by atoms with Crippen molar-refractivity contribution in [2.75, 3.05) is 6.54 Å². The highest BCUT2D eigenvalue weighted by atomic mass is 14.9. The summed E-state index contributed by atoms with van der Waals surface area (Å²) in [7, 11) is 0. The summed E-state index contributed by atoms with van der Waals surface area (Å²) in [5.41, 5.74) is 7.48. The summed E-state index contributed by atoms with van der Waals surface area (Å²) in [6, 6.07) is 10.5. The quantitative estimate of drug-likeness (QED) is 0.591. The van der Waals surface area contributed by atoms with Gasteiger partial charge < -0.3 is 5.73 Å². The molecule has 0 spiro atoms. The van der Waals surface area contributed by atoms with E-state index in [1.807, 2.05) is 6.07 Å². The van der Waals surface area contributed by atoms with Crippen LogP contribution >= 0.6 is 0 Å². The van der Waals surface area contributed by atoms with Gasteiger partial charge in [-0.1, -0.05) is 37.3 Å². The molecule has 15 heavy (non-hydrogen) atoms. The molecule has 2 N–H and O–H groups in total. The molecule has 0 heterocycles. The lowest BCUT2D eigenvalue weighted by molar-refractivity contribution is 0.875. The lowest BCUT2D eigenvalue weighted by atomic mass is 9.95. The van der Waals surface area contributed by atoms with Gasteiger partial charge in [0.15, 0.2) is 0 Å². The summed E-state index contributed by atoms with van der Waals surface area (Å²) in [4.78, 5) is 4.45. The van der Waals surface area contributed by atoms with Gasteiger partial charge in [0, 0.05) is 6.54 Å². The SMILES string of the molecule is CCCN=C(N)C1(c2ccccc2)CC1. The maximum Gasteiger partial charge on any atom is 0.104 e. The largest absolute Gasteiger partial charge is 0.387 e. The number of aliphatic imine (C=N–C) groups is 1. The molecule has 1 aromatic carbocycles. The molecule has 0 unspecified atom stereocenters. The van der Waals surface area contributed by atoms with Gasteiger partial charge in [-0.15, -0.1) is 0 Å². The smallest absolute Gasteiger partial charge is 0.104 e. The van der Waals surface area contributed by atoms with Gasteiger partial charge in [0.05, 0.1) is 5.41 Å². The number of rotatable bonds is 4. The van der Waals surface area contributed by atoms with Crippen LogP contribution in [0.25, 0.3) is 0 Å². The summed E-state index contributed by atoms with van der Waals surface area (Å²) < 4.78 is 0. The highest BCUT2D eigenvalue weighted by Crippen LogP contribution is 2.48. The maximum atomic E-state index is 6.08. The average molecular weight is 202 g/mol. The molecule has 80 valence electrons. The first kappa shape index (κ1) is 10.2. The van der Waals surface area contributed by atoms with Crippen LogP contribution < -0.4 is 5.73 Å². The zero-order chi connectivity index (χ0) is 10.7. The predicted molar refractivity (Wildman–Crippen MR) is 64.1 cm³/mol. The molecular formula is C13H18N2. The molecule has 1 aliphatic rings. The average Bonchev–Trinajstić information content (AvgIpc) is 3.08. The zero-order valence-corrected chi connectivity index (χ0v) is 9.24. The lowest BCUT2D eigenvalue weighted by Crippen LogP contribution is -2.29. The second kappa shape index (κ2) is 4.05. The number of benzene rings is 1. The van der Waals surface area contributed by atoms with Crippen LogP contribution in [0.4, 0.5) is 0 Å². The maximum absolute atomic E-state index is 6.08. The summed E-state index contributed by atoms with van der Waals surface area (Å²) >= 11 is 0. The van der Waals surface area contributed by atoms with Crippen molar-refractivity contribution in [1.82, 2.24) is 0 Å². The molecule has 0 saturated heterocycles. The van der Waals surface area contributed by atoms with Gasteiger partial charge in [-0.2, -0.15) is 0 Å². The van der Waals surface area contributed by atoms with Crippen LogP contribution in [0.15, 0.2) is 35.3 Å². The Bertz CT molecular complexity index is 350. The van der Waals surface area contributed by atoms with Crippen LogP contribution in [0.3, 0.4) is 0 Å². The third-order valence-corrected chi connectivity index (χ3v) is 3.07.